The summed E-state index contributed by atoms with van der Waals surface area (Å²) in [4.78, 5) is 16.6. The standard InChI is InChI=1S/C23H28F3N3O4S/c1-4-27-10-12-28(13-11-27)22(30)16-29(19-7-5-6-18(15-19)23(24,25)26)34(31,32)21-14-17(2)8-9-20(21)33-3/h5-9,14-15H,4,10-13,16H2,1-3H3. The van der Waals surface area contributed by atoms with Crippen LogP contribution in [0.5, 0.6) is 5.75 Å². The van der Waals surface area contributed by atoms with Crippen molar-refractivity contribution < 1.29 is 31.1 Å². The molecule has 0 aliphatic carbocycles. The highest BCUT2D eigenvalue weighted by Crippen LogP contribution is 2.35. The quantitative estimate of drug-likeness (QED) is 0.584. The van der Waals surface area contributed by atoms with E-state index < -0.39 is 34.2 Å². The first kappa shape index (κ1) is 25.8. The number of nitrogens with zero attached hydrogens (tertiary/aromatic N) is 3. The third-order valence-corrected chi connectivity index (χ3v) is 7.59. The van der Waals surface area contributed by atoms with Crippen LogP contribution in [0.4, 0.5) is 18.9 Å². The molecule has 0 aromatic heterocycles. The van der Waals surface area contributed by atoms with E-state index in [0.717, 1.165) is 29.0 Å². The van der Waals surface area contributed by atoms with Gasteiger partial charge in [0, 0.05) is 26.2 Å². The molecular weight excluding hydrogens is 471 g/mol. The maximum atomic E-state index is 13.7. The molecule has 1 amide bonds. The van der Waals surface area contributed by atoms with Crippen LogP contribution in [0.1, 0.15) is 18.1 Å². The van der Waals surface area contributed by atoms with E-state index in [0.29, 0.717) is 31.7 Å². The zero-order valence-electron chi connectivity index (χ0n) is 19.3. The fourth-order valence-electron chi connectivity index (χ4n) is 3.79. The summed E-state index contributed by atoms with van der Waals surface area (Å²) in [6.07, 6.45) is -4.67. The van der Waals surface area contributed by atoms with Crippen molar-refractivity contribution in [3.05, 3.63) is 53.6 Å². The van der Waals surface area contributed by atoms with Gasteiger partial charge in [0.2, 0.25) is 5.91 Å². The van der Waals surface area contributed by atoms with Crippen molar-refractivity contribution in [2.45, 2.75) is 24.9 Å². The molecule has 11 heteroatoms. The minimum Gasteiger partial charge on any atom is -0.495 e. The molecule has 1 saturated heterocycles. The Balaban J connectivity index is 2.04. The van der Waals surface area contributed by atoms with Crippen molar-refractivity contribution in [2.75, 3.05) is 50.7 Å². The minimum atomic E-state index is -4.67. The van der Waals surface area contributed by atoms with Crippen LogP contribution in [0.25, 0.3) is 0 Å². The molecule has 0 radical (unpaired) electrons. The van der Waals surface area contributed by atoms with Crippen molar-refractivity contribution in [1.29, 1.82) is 0 Å². The van der Waals surface area contributed by atoms with E-state index >= 15 is 0 Å². The Kier molecular flexibility index (Phi) is 7.77. The lowest BCUT2D eigenvalue weighted by Gasteiger charge is -2.35. The maximum absolute atomic E-state index is 13.7. The zero-order chi connectivity index (χ0) is 25.1. The average molecular weight is 500 g/mol. The van der Waals surface area contributed by atoms with Gasteiger partial charge in [-0.15, -0.1) is 0 Å². The monoisotopic (exact) mass is 499 g/mol. The van der Waals surface area contributed by atoms with Gasteiger partial charge in [-0.3, -0.25) is 9.10 Å². The number of methoxy groups -OCH3 is 1. The van der Waals surface area contributed by atoms with E-state index in [1.165, 1.54) is 30.2 Å². The van der Waals surface area contributed by atoms with Crippen LogP contribution in [-0.4, -0.2) is 70.5 Å². The molecule has 1 aliphatic rings. The Labute approximate surface area is 197 Å². The fourth-order valence-corrected chi connectivity index (χ4v) is 5.44. The summed E-state index contributed by atoms with van der Waals surface area (Å²) in [5, 5.41) is 0. The summed E-state index contributed by atoms with van der Waals surface area (Å²) in [7, 11) is -3.15. The summed E-state index contributed by atoms with van der Waals surface area (Å²) in [6, 6.07) is 8.47. The summed E-state index contributed by atoms with van der Waals surface area (Å²) in [6.45, 7) is 6.01. The van der Waals surface area contributed by atoms with Crippen molar-refractivity contribution in [3.8, 4) is 5.75 Å². The molecule has 0 bridgehead atoms. The number of hydrogen-bond acceptors (Lipinski definition) is 5. The van der Waals surface area contributed by atoms with Crippen LogP contribution < -0.4 is 9.04 Å². The molecule has 0 N–H and O–H groups in total. The second-order valence-corrected chi connectivity index (χ2v) is 9.86. The average Bonchev–Trinajstić information content (AvgIpc) is 2.81. The SMILES string of the molecule is CCN1CCN(C(=O)CN(c2cccc(C(F)(F)F)c2)S(=O)(=O)c2cc(C)ccc2OC)CC1. The molecule has 2 aromatic rings. The Morgan fingerprint density at radius 2 is 1.76 bits per heavy atom. The lowest BCUT2D eigenvalue weighted by Crippen LogP contribution is -2.51. The van der Waals surface area contributed by atoms with Crippen LogP contribution in [0.15, 0.2) is 47.4 Å². The van der Waals surface area contributed by atoms with Gasteiger partial charge in [0.15, 0.2) is 0 Å². The first-order chi connectivity index (χ1) is 16.0. The number of anilines is 1. The van der Waals surface area contributed by atoms with Crippen molar-refractivity contribution in [1.82, 2.24) is 9.80 Å². The predicted octanol–water partition coefficient (Wildman–Crippen LogP) is 3.38. The van der Waals surface area contributed by atoms with E-state index in [9.17, 15) is 26.4 Å². The predicted molar refractivity (Wildman–Crippen MR) is 122 cm³/mol. The Hall–Kier alpha value is -2.79. The van der Waals surface area contributed by atoms with Gasteiger partial charge in [-0.1, -0.05) is 19.1 Å². The van der Waals surface area contributed by atoms with Crippen molar-refractivity contribution in [3.63, 3.8) is 0 Å². The lowest BCUT2D eigenvalue weighted by molar-refractivity contribution is -0.137. The summed E-state index contributed by atoms with van der Waals surface area (Å²) in [5.41, 5.74) is -0.644. The molecule has 1 heterocycles. The summed E-state index contributed by atoms with van der Waals surface area (Å²) < 4.78 is 73.5. The molecule has 0 saturated carbocycles. The highest BCUT2D eigenvalue weighted by Gasteiger charge is 2.35. The van der Waals surface area contributed by atoms with E-state index in [1.807, 2.05) is 6.92 Å². The molecule has 0 unspecified atom stereocenters. The van der Waals surface area contributed by atoms with Gasteiger partial charge < -0.3 is 14.5 Å². The number of sulfonamides is 1. The molecule has 0 spiro atoms. The van der Waals surface area contributed by atoms with E-state index in [2.05, 4.69) is 4.90 Å². The Morgan fingerprint density at radius 3 is 2.35 bits per heavy atom. The van der Waals surface area contributed by atoms with Gasteiger partial charge in [0.25, 0.3) is 10.0 Å². The lowest BCUT2D eigenvalue weighted by atomic mass is 10.2. The van der Waals surface area contributed by atoms with E-state index in [4.69, 9.17) is 4.74 Å². The van der Waals surface area contributed by atoms with Gasteiger partial charge in [-0.05, 0) is 49.4 Å². The molecule has 0 atom stereocenters. The second kappa shape index (κ2) is 10.2. The van der Waals surface area contributed by atoms with Gasteiger partial charge in [0.05, 0.1) is 18.4 Å². The smallest absolute Gasteiger partial charge is 0.416 e. The number of halogens is 3. The number of rotatable bonds is 7. The first-order valence-corrected chi connectivity index (χ1v) is 12.3. The first-order valence-electron chi connectivity index (χ1n) is 10.8. The van der Waals surface area contributed by atoms with Crippen LogP contribution in [0.3, 0.4) is 0 Å². The molecule has 7 nitrogen and oxygen atoms in total. The Bertz CT molecular complexity index is 1130. The van der Waals surface area contributed by atoms with Gasteiger partial charge in [-0.2, -0.15) is 13.2 Å². The number of alkyl halides is 3. The number of benzene rings is 2. The molecule has 3 rings (SSSR count). The van der Waals surface area contributed by atoms with E-state index in [1.54, 1.807) is 13.0 Å². The Morgan fingerprint density at radius 1 is 1.09 bits per heavy atom. The number of amides is 1. The summed E-state index contributed by atoms with van der Waals surface area (Å²) >= 11 is 0. The topological polar surface area (TPSA) is 70.2 Å². The number of likely N-dealkylation sites (N-methyl/N-ethyl adjacent to an activating group) is 1. The number of piperazine rings is 1. The molecule has 34 heavy (non-hydrogen) atoms. The van der Waals surface area contributed by atoms with Gasteiger partial charge in [0.1, 0.15) is 17.2 Å². The number of aryl methyl sites for hydroxylation is 1. The maximum Gasteiger partial charge on any atom is 0.416 e. The molecule has 186 valence electrons. The van der Waals surface area contributed by atoms with Crippen molar-refractivity contribution >= 4 is 21.6 Å². The van der Waals surface area contributed by atoms with Gasteiger partial charge >= 0.3 is 6.18 Å². The second-order valence-electron chi connectivity index (χ2n) is 8.03. The third kappa shape index (κ3) is 5.64. The number of ether oxygens (including phenoxy) is 1. The van der Waals surface area contributed by atoms with Crippen LogP contribution in [0, 0.1) is 6.92 Å². The van der Waals surface area contributed by atoms with E-state index in [-0.39, 0.29) is 16.3 Å². The number of carbonyl (C=O) groups is 1. The number of carbonyl (C=O) groups excluding carboxylic acids is 1. The summed E-state index contributed by atoms with van der Waals surface area (Å²) in [5.74, 6) is -0.449. The van der Waals surface area contributed by atoms with Gasteiger partial charge in [-0.25, -0.2) is 8.42 Å². The zero-order valence-corrected chi connectivity index (χ0v) is 20.1. The fraction of sp³-hybridized carbons (Fsp3) is 0.435. The van der Waals surface area contributed by atoms with Crippen LogP contribution in [-0.2, 0) is 21.0 Å². The highest BCUT2D eigenvalue weighted by molar-refractivity contribution is 7.93. The molecule has 2 aromatic carbocycles. The van der Waals surface area contributed by atoms with Crippen molar-refractivity contribution in [2.24, 2.45) is 0 Å². The molecule has 1 fully saturated rings. The normalized spacial score (nSPS) is 15.3. The third-order valence-electron chi connectivity index (χ3n) is 5.80. The number of hydrogen-bond donors (Lipinski definition) is 0. The molecule has 1 aliphatic heterocycles. The largest absolute Gasteiger partial charge is 0.495 e. The minimum absolute atomic E-state index is 0.0339. The highest BCUT2D eigenvalue weighted by atomic mass is 32.2. The van der Waals surface area contributed by atoms with Crippen LogP contribution in [0.2, 0.25) is 0 Å². The van der Waals surface area contributed by atoms with Crippen LogP contribution >= 0.6 is 0 Å². The molecular formula is C23H28F3N3O4S.